The van der Waals surface area contributed by atoms with Crippen molar-refractivity contribution in [1.29, 1.82) is 0 Å². The normalized spacial score (nSPS) is 20.5. The highest BCUT2D eigenvalue weighted by atomic mass is 32.1. The summed E-state index contributed by atoms with van der Waals surface area (Å²) in [6.07, 6.45) is 2.82. The Bertz CT molecular complexity index is 1360. The second kappa shape index (κ2) is 8.18. The van der Waals surface area contributed by atoms with Crippen molar-refractivity contribution >= 4 is 44.8 Å². The lowest BCUT2D eigenvalue weighted by Crippen LogP contribution is -2.47. The summed E-state index contributed by atoms with van der Waals surface area (Å²) in [5.41, 5.74) is 2.15. The van der Waals surface area contributed by atoms with E-state index < -0.39 is 11.9 Å². The number of hydrogen-bond donors (Lipinski definition) is 1. The van der Waals surface area contributed by atoms with E-state index in [0.717, 1.165) is 29.5 Å². The number of rotatable bonds is 4. The first-order chi connectivity index (χ1) is 15.8. The van der Waals surface area contributed by atoms with Crippen LogP contribution in [0.1, 0.15) is 30.7 Å². The maximum atomic E-state index is 13.1. The van der Waals surface area contributed by atoms with Gasteiger partial charge in [-0.1, -0.05) is 35.3 Å². The summed E-state index contributed by atoms with van der Waals surface area (Å²) in [5.74, 6) is -0.141. The molecule has 2 aliphatic rings. The zero-order valence-electron chi connectivity index (χ0n) is 18.7. The van der Waals surface area contributed by atoms with Crippen molar-refractivity contribution in [2.45, 2.75) is 45.7 Å². The Labute approximate surface area is 194 Å². The van der Waals surface area contributed by atoms with Gasteiger partial charge in [0.1, 0.15) is 12.2 Å². The monoisotopic (exact) mass is 465 g/mol. The molecule has 2 amide bonds. The number of aryl methyl sites for hydroxylation is 1. The van der Waals surface area contributed by atoms with Crippen LogP contribution in [0.3, 0.4) is 0 Å². The number of fused-ring (bicyclic) bond motifs is 3. The van der Waals surface area contributed by atoms with Gasteiger partial charge in [0.2, 0.25) is 11.6 Å². The van der Waals surface area contributed by atoms with Crippen molar-refractivity contribution in [2.75, 3.05) is 12.1 Å². The minimum Gasteiger partial charge on any atom is -0.334 e. The summed E-state index contributed by atoms with van der Waals surface area (Å²) in [5, 5.41) is 13.1. The fourth-order valence-corrected chi connectivity index (χ4v) is 5.89. The number of nitrogens with zero attached hydrogens (tertiary/aromatic N) is 5. The van der Waals surface area contributed by atoms with E-state index in [1.54, 1.807) is 18.7 Å². The maximum absolute atomic E-state index is 13.1. The number of hydrazone groups is 1. The number of nitrogens with one attached hydrogen (secondary N) is 1. The van der Waals surface area contributed by atoms with Gasteiger partial charge in [-0.05, 0) is 42.9 Å². The standard InChI is InChI=1S/C23H24N6O3S/c1-13-9-10-16-17(11-13)33-21-19(16)22(31)28(26-25-21)12-18(30)24-20-14(2)27(3)29(23(20)32)15-7-5-4-6-8-15/h4-8,13,20H,9-12H2,1-3H3/p+1. The molecule has 3 heterocycles. The van der Waals surface area contributed by atoms with E-state index in [4.69, 9.17) is 0 Å². The fraction of sp³-hybridized carbons (Fsp3) is 0.391. The molecular formula is C23H25N6O3S+. The average Bonchev–Trinajstić information content (AvgIpc) is 3.26. The molecule has 3 aromatic rings. The van der Waals surface area contributed by atoms with Crippen molar-refractivity contribution in [1.82, 2.24) is 20.3 Å². The Morgan fingerprint density at radius 1 is 1.27 bits per heavy atom. The Balaban J connectivity index is 1.37. The summed E-state index contributed by atoms with van der Waals surface area (Å²) in [6, 6.07) is 8.42. The number of benzene rings is 1. The predicted octanol–water partition coefficient (Wildman–Crippen LogP) is 1.53. The van der Waals surface area contributed by atoms with Crippen LogP contribution in [-0.4, -0.2) is 50.3 Å². The van der Waals surface area contributed by atoms with E-state index in [-0.39, 0.29) is 18.0 Å². The molecule has 33 heavy (non-hydrogen) atoms. The molecule has 10 heteroatoms. The van der Waals surface area contributed by atoms with Gasteiger partial charge in [-0.3, -0.25) is 14.4 Å². The molecule has 5 rings (SSSR count). The first kappa shape index (κ1) is 21.4. The molecule has 0 spiro atoms. The third kappa shape index (κ3) is 3.64. The quantitative estimate of drug-likeness (QED) is 0.589. The molecule has 1 aromatic carbocycles. The van der Waals surface area contributed by atoms with E-state index in [0.29, 0.717) is 27.5 Å². The first-order valence-corrected chi connectivity index (χ1v) is 11.8. The number of carbonyl (C=O) groups is 2. The van der Waals surface area contributed by atoms with Crippen LogP contribution in [0.5, 0.6) is 0 Å². The molecule has 0 bridgehead atoms. The van der Waals surface area contributed by atoms with Gasteiger partial charge in [-0.15, -0.1) is 21.1 Å². The van der Waals surface area contributed by atoms with Gasteiger partial charge in [0, 0.05) is 11.8 Å². The molecule has 0 radical (unpaired) electrons. The summed E-state index contributed by atoms with van der Waals surface area (Å²) in [6.45, 7) is 3.71. The summed E-state index contributed by atoms with van der Waals surface area (Å²) < 4.78 is 2.81. The summed E-state index contributed by atoms with van der Waals surface area (Å²) in [7, 11) is 1.77. The van der Waals surface area contributed by atoms with Gasteiger partial charge >= 0.3 is 5.91 Å². The molecule has 2 atom stereocenters. The number of hydrazine groups is 1. The van der Waals surface area contributed by atoms with Gasteiger partial charge in [-0.25, -0.2) is 4.68 Å². The van der Waals surface area contributed by atoms with Crippen molar-refractivity contribution in [3.8, 4) is 0 Å². The van der Waals surface area contributed by atoms with Crippen molar-refractivity contribution in [3.63, 3.8) is 0 Å². The zero-order chi connectivity index (χ0) is 23.3. The second-order valence-electron chi connectivity index (χ2n) is 8.74. The van der Waals surface area contributed by atoms with Crippen molar-refractivity contribution < 1.29 is 14.3 Å². The molecule has 1 aliphatic heterocycles. The highest BCUT2D eigenvalue weighted by Crippen LogP contribution is 2.35. The minimum absolute atomic E-state index is 0.260. The number of aromatic nitrogens is 3. The predicted molar refractivity (Wildman–Crippen MR) is 126 cm³/mol. The number of para-hydroxylation sites is 1. The van der Waals surface area contributed by atoms with Gasteiger partial charge < -0.3 is 5.32 Å². The average molecular weight is 466 g/mol. The van der Waals surface area contributed by atoms with Crippen LogP contribution in [0.25, 0.3) is 10.2 Å². The minimum atomic E-state index is -0.814. The second-order valence-corrected chi connectivity index (χ2v) is 9.82. The van der Waals surface area contributed by atoms with Gasteiger partial charge in [0.05, 0.1) is 5.39 Å². The Morgan fingerprint density at radius 2 is 2.03 bits per heavy atom. The van der Waals surface area contributed by atoms with E-state index in [1.807, 2.05) is 30.3 Å². The number of anilines is 1. The van der Waals surface area contributed by atoms with Crippen LogP contribution >= 0.6 is 11.3 Å². The third-order valence-electron chi connectivity index (χ3n) is 6.47. The van der Waals surface area contributed by atoms with Crippen molar-refractivity contribution in [3.05, 3.63) is 51.1 Å². The molecular weight excluding hydrogens is 440 g/mol. The molecule has 0 saturated carbocycles. The lowest BCUT2D eigenvalue weighted by Gasteiger charge is -2.17. The molecule has 2 aromatic heterocycles. The number of hydrogen-bond acceptors (Lipinski definition) is 6. The lowest BCUT2D eigenvalue weighted by molar-refractivity contribution is -0.495. The SMILES string of the molecule is CC1=[N+](C)N(c2ccccc2)C(=O)C1NC(=O)Cn1nnc2sc3c(c2c1=O)CCC(C)C3. The van der Waals surface area contributed by atoms with Crippen LogP contribution in [0, 0.1) is 5.92 Å². The lowest BCUT2D eigenvalue weighted by atomic mass is 9.89. The number of carbonyl (C=O) groups excluding carboxylic acids is 2. The number of thiophene rings is 1. The Kier molecular flexibility index (Phi) is 5.32. The topological polar surface area (TPSA) is 100 Å². The Morgan fingerprint density at radius 3 is 2.79 bits per heavy atom. The fourth-order valence-electron chi connectivity index (χ4n) is 4.57. The zero-order valence-corrected chi connectivity index (χ0v) is 19.6. The van der Waals surface area contributed by atoms with Crippen molar-refractivity contribution in [2.24, 2.45) is 5.92 Å². The molecule has 2 unspecified atom stereocenters. The van der Waals surface area contributed by atoms with E-state index in [1.165, 1.54) is 21.2 Å². The third-order valence-corrected chi connectivity index (χ3v) is 7.61. The van der Waals surface area contributed by atoms with Gasteiger partial charge in [0.25, 0.3) is 5.56 Å². The largest absolute Gasteiger partial charge is 0.334 e. The van der Waals surface area contributed by atoms with E-state index in [2.05, 4.69) is 22.6 Å². The van der Waals surface area contributed by atoms with Crippen LogP contribution in [0.4, 0.5) is 5.69 Å². The maximum Gasteiger partial charge on any atom is 0.316 e. The molecule has 9 nitrogen and oxygen atoms in total. The summed E-state index contributed by atoms with van der Waals surface area (Å²) in [4.78, 5) is 40.9. The smallest absolute Gasteiger partial charge is 0.316 e. The van der Waals surface area contributed by atoms with Crippen LogP contribution in [0.15, 0.2) is 35.1 Å². The van der Waals surface area contributed by atoms with Crippen LogP contribution in [0.2, 0.25) is 0 Å². The molecule has 1 N–H and O–H groups in total. The van der Waals surface area contributed by atoms with Gasteiger partial charge in [-0.2, -0.15) is 0 Å². The molecule has 170 valence electrons. The van der Waals surface area contributed by atoms with E-state index in [9.17, 15) is 14.4 Å². The molecule has 1 aliphatic carbocycles. The molecule has 0 saturated heterocycles. The summed E-state index contributed by atoms with van der Waals surface area (Å²) >= 11 is 1.52. The van der Waals surface area contributed by atoms with Crippen LogP contribution < -0.4 is 15.9 Å². The Hall–Kier alpha value is -3.40. The highest BCUT2D eigenvalue weighted by Gasteiger charge is 2.45. The van der Waals surface area contributed by atoms with E-state index >= 15 is 0 Å². The highest BCUT2D eigenvalue weighted by molar-refractivity contribution is 7.18. The van der Waals surface area contributed by atoms with Gasteiger partial charge in [0.15, 0.2) is 17.9 Å². The van der Waals surface area contributed by atoms with Crippen LogP contribution in [-0.2, 0) is 29.0 Å². The first-order valence-electron chi connectivity index (χ1n) is 11.0. The molecule has 0 fully saturated rings. The number of amides is 2.